The van der Waals surface area contributed by atoms with E-state index in [4.69, 9.17) is 9.47 Å². The molecule has 142 valence electrons. The first kappa shape index (κ1) is 17.9. The van der Waals surface area contributed by atoms with Crippen LogP contribution in [-0.2, 0) is 6.42 Å². The molecule has 0 radical (unpaired) electrons. The van der Waals surface area contributed by atoms with Gasteiger partial charge in [0.1, 0.15) is 0 Å². The first-order valence-corrected chi connectivity index (χ1v) is 9.64. The Morgan fingerprint density at radius 2 is 1.96 bits per heavy atom. The molecule has 0 aliphatic carbocycles. The molecule has 0 saturated carbocycles. The highest BCUT2D eigenvalue weighted by atomic mass is 16.7. The van der Waals surface area contributed by atoms with Gasteiger partial charge < -0.3 is 19.3 Å². The van der Waals surface area contributed by atoms with Crippen molar-refractivity contribution in [2.24, 2.45) is 0 Å². The Bertz CT molecular complexity index is 793. The van der Waals surface area contributed by atoms with Crippen LogP contribution in [0.15, 0.2) is 48.5 Å². The number of nitrogens with zero attached hydrogens (tertiary/aromatic N) is 2. The third-order valence-electron chi connectivity index (χ3n) is 5.53. The average Bonchev–Trinajstić information content (AvgIpc) is 3.20. The van der Waals surface area contributed by atoms with Crippen molar-refractivity contribution in [3.05, 3.63) is 59.7 Å². The van der Waals surface area contributed by atoms with Crippen LogP contribution in [0.2, 0.25) is 0 Å². The molecule has 0 spiro atoms. The second-order valence-corrected chi connectivity index (χ2v) is 7.32. The lowest BCUT2D eigenvalue weighted by atomic mass is 10.0. The van der Waals surface area contributed by atoms with Gasteiger partial charge in [0.15, 0.2) is 11.5 Å². The summed E-state index contributed by atoms with van der Waals surface area (Å²) in [5, 5.41) is 0. The number of likely N-dealkylation sites (N-methyl/N-ethyl adjacent to an activating group) is 1. The van der Waals surface area contributed by atoms with Crippen LogP contribution in [0.5, 0.6) is 11.5 Å². The zero-order valence-electron chi connectivity index (χ0n) is 15.8. The maximum absolute atomic E-state index is 12.9. The number of piperidine rings is 1. The van der Waals surface area contributed by atoms with Gasteiger partial charge in [0.2, 0.25) is 6.79 Å². The number of amides is 1. The summed E-state index contributed by atoms with van der Waals surface area (Å²) < 4.78 is 10.7. The minimum atomic E-state index is 0.0446. The molecular weight excluding hydrogens is 340 g/mol. The molecule has 1 unspecified atom stereocenters. The SMILES string of the molecule is CN(C(=O)c1ccc2c(c1)OCO2)C1CCCN(CCc2ccccc2)C1. The first-order valence-electron chi connectivity index (χ1n) is 9.64. The van der Waals surface area contributed by atoms with Crippen LogP contribution in [-0.4, -0.2) is 55.2 Å². The molecule has 0 aromatic heterocycles. The Labute approximate surface area is 160 Å². The van der Waals surface area contributed by atoms with E-state index < -0.39 is 0 Å². The zero-order chi connectivity index (χ0) is 18.6. The molecule has 2 heterocycles. The van der Waals surface area contributed by atoms with Crippen molar-refractivity contribution in [3.63, 3.8) is 0 Å². The van der Waals surface area contributed by atoms with E-state index in [-0.39, 0.29) is 18.7 Å². The molecule has 2 aromatic carbocycles. The smallest absolute Gasteiger partial charge is 0.254 e. The van der Waals surface area contributed by atoms with Gasteiger partial charge in [-0.25, -0.2) is 0 Å². The molecule has 4 rings (SSSR count). The van der Waals surface area contributed by atoms with E-state index in [1.165, 1.54) is 5.56 Å². The maximum atomic E-state index is 12.9. The summed E-state index contributed by atoms with van der Waals surface area (Å²) in [5.74, 6) is 1.41. The van der Waals surface area contributed by atoms with Crippen molar-refractivity contribution < 1.29 is 14.3 Å². The molecule has 5 nitrogen and oxygen atoms in total. The third kappa shape index (κ3) is 4.08. The summed E-state index contributed by atoms with van der Waals surface area (Å²) in [6, 6.07) is 16.3. The molecule has 0 bridgehead atoms. The maximum Gasteiger partial charge on any atom is 0.254 e. The highest BCUT2D eigenvalue weighted by Gasteiger charge is 2.27. The summed E-state index contributed by atoms with van der Waals surface area (Å²) in [4.78, 5) is 17.3. The van der Waals surface area contributed by atoms with E-state index >= 15 is 0 Å². The lowest BCUT2D eigenvalue weighted by Gasteiger charge is -2.37. The van der Waals surface area contributed by atoms with E-state index in [0.29, 0.717) is 17.1 Å². The molecule has 2 aliphatic heterocycles. The van der Waals surface area contributed by atoms with E-state index in [1.807, 2.05) is 24.1 Å². The molecule has 0 N–H and O–H groups in total. The van der Waals surface area contributed by atoms with Crippen molar-refractivity contribution >= 4 is 5.91 Å². The molecule has 5 heteroatoms. The van der Waals surface area contributed by atoms with Crippen LogP contribution in [0.25, 0.3) is 0 Å². The van der Waals surface area contributed by atoms with Crippen LogP contribution in [0.1, 0.15) is 28.8 Å². The number of carbonyl (C=O) groups excluding carboxylic acids is 1. The number of likely N-dealkylation sites (tertiary alicyclic amines) is 1. The standard InChI is InChI=1S/C22H26N2O3/c1-23(22(25)18-9-10-20-21(14-18)27-16-26-20)19-8-5-12-24(15-19)13-11-17-6-3-2-4-7-17/h2-4,6-7,9-10,14,19H,5,8,11-13,15-16H2,1H3. The quantitative estimate of drug-likeness (QED) is 0.815. The van der Waals surface area contributed by atoms with E-state index in [1.54, 1.807) is 6.07 Å². The molecular formula is C22H26N2O3. The Kier molecular flexibility index (Phi) is 5.30. The van der Waals surface area contributed by atoms with Gasteiger partial charge in [0.05, 0.1) is 0 Å². The minimum Gasteiger partial charge on any atom is -0.454 e. The molecule has 1 atom stereocenters. The molecule has 2 aliphatic rings. The topological polar surface area (TPSA) is 42.0 Å². The summed E-state index contributed by atoms with van der Waals surface area (Å²) >= 11 is 0. The lowest BCUT2D eigenvalue weighted by Crippen LogP contribution is -2.48. The molecule has 27 heavy (non-hydrogen) atoms. The number of benzene rings is 2. The van der Waals surface area contributed by atoms with Gasteiger partial charge in [-0.15, -0.1) is 0 Å². The second kappa shape index (κ2) is 8.01. The molecule has 1 amide bonds. The van der Waals surface area contributed by atoms with Crippen molar-refractivity contribution in [3.8, 4) is 11.5 Å². The number of hydrogen-bond acceptors (Lipinski definition) is 4. The van der Waals surface area contributed by atoms with Crippen molar-refractivity contribution in [2.75, 3.05) is 33.5 Å². The van der Waals surface area contributed by atoms with E-state index in [2.05, 4.69) is 35.2 Å². The number of ether oxygens (including phenoxy) is 2. The minimum absolute atomic E-state index is 0.0446. The van der Waals surface area contributed by atoms with Gasteiger partial charge in [-0.2, -0.15) is 0 Å². The van der Waals surface area contributed by atoms with Crippen LogP contribution in [0.4, 0.5) is 0 Å². The van der Waals surface area contributed by atoms with Gasteiger partial charge in [-0.05, 0) is 49.6 Å². The van der Waals surface area contributed by atoms with Crippen LogP contribution >= 0.6 is 0 Å². The molecule has 2 aromatic rings. The normalized spacial score (nSPS) is 19.1. The summed E-state index contributed by atoms with van der Waals surface area (Å²) in [6.45, 7) is 3.30. The van der Waals surface area contributed by atoms with Crippen LogP contribution in [0.3, 0.4) is 0 Å². The first-order chi connectivity index (χ1) is 13.2. The van der Waals surface area contributed by atoms with Crippen molar-refractivity contribution in [2.45, 2.75) is 25.3 Å². The number of rotatable bonds is 5. The fourth-order valence-corrected chi connectivity index (χ4v) is 3.88. The van der Waals surface area contributed by atoms with Gasteiger partial charge >= 0.3 is 0 Å². The highest BCUT2D eigenvalue weighted by molar-refractivity contribution is 5.95. The predicted molar refractivity (Wildman–Crippen MR) is 104 cm³/mol. The van der Waals surface area contributed by atoms with Gasteiger partial charge in [0.25, 0.3) is 5.91 Å². The fraction of sp³-hybridized carbons (Fsp3) is 0.409. The summed E-state index contributed by atoms with van der Waals surface area (Å²) in [6.07, 6.45) is 3.22. The van der Waals surface area contributed by atoms with Crippen molar-refractivity contribution in [1.29, 1.82) is 0 Å². The Morgan fingerprint density at radius 3 is 2.81 bits per heavy atom. The third-order valence-corrected chi connectivity index (χ3v) is 5.53. The van der Waals surface area contributed by atoms with E-state index in [9.17, 15) is 4.79 Å². The van der Waals surface area contributed by atoms with Crippen molar-refractivity contribution in [1.82, 2.24) is 9.80 Å². The Balaban J connectivity index is 1.36. The zero-order valence-corrected chi connectivity index (χ0v) is 15.8. The average molecular weight is 366 g/mol. The second-order valence-electron chi connectivity index (χ2n) is 7.32. The monoisotopic (exact) mass is 366 g/mol. The molecule has 1 saturated heterocycles. The Hall–Kier alpha value is -2.53. The largest absolute Gasteiger partial charge is 0.454 e. The van der Waals surface area contributed by atoms with Crippen LogP contribution in [0, 0.1) is 0 Å². The number of fused-ring (bicyclic) bond motifs is 1. The lowest BCUT2D eigenvalue weighted by molar-refractivity contribution is 0.0619. The predicted octanol–water partition coefficient (Wildman–Crippen LogP) is 3.19. The van der Waals surface area contributed by atoms with Gasteiger partial charge in [0, 0.05) is 31.7 Å². The summed E-state index contributed by atoms with van der Waals surface area (Å²) in [7, 11) is 1.91. The molecule has 1 fully saturated rings. The number of carbonyl (C=O) groups is 1. The van der Waals surface area contributed by atoms with Gasteiger partial charge in [-0.3, -0.25) is 4.79 Å². The summed E-state index contributed by atoms with van der Waals surface area (Å²) in [5.41, 5.74) is 2.02. The Morgan fingerprint density at radius 1 is 1.15 bits per heavy atom. The number of hydrogen-bond donors (Lipinski definition) is 0. The highest BCUT2D eigenvalue weighted by Crippen LogP contribution is 2.33. The van der Waals surface area contributed by atoms with Gasteiger partial charge in [-0.1, -0.05) is 30.3 Å². The fourth-order valence-electron chi connectivity index (χ4n) is 3.88. The van der Waals surface area contributed by atoms with Crippen LogP contribution < -0.4 is 9.47 Å². The van der Waals surface area contributed by atoms with E-state index in [0.717, 1.165) is 38.9 Å².